The average molecular weight is 485 g/mol. The van der Waals surface area contributed by atoms with Gasteiger partial charge in [-0.05, 0) is 36.4 Å². The van der Waals surface area contributed by atoms with Gasteiger partial charge in [-0.2, -0.15) is 0 Å². The van der Waals surface area contributed by atoms with E-state index in [9.17, 15) is 13.2 Å². The van der Waals surface area contributed by atoms with E-state index in [0.29, 0.717) is 16.4 Å². The van der Waals surface area contributed by atoms with Gasteiger partial charge in [0.15, 0.2) is 0 Å². The van der Waals surface area contributed by atoms with Gasteiger partial charge in [-0.1, -0.05) is 54.1 Å². The Morgan fingerprint density at radius 2 is 1.78 bits per heavy atom. The van der Waals surface area contributed by atoms with E-state index in [4.69, 9.17) is 16.3 Å². The Morgan fingerprint density at radius 1 is 1.00 bits per heavy atom. The van der Waals surface area contributed by atoms with Gasteiger partial charge >= 0.3 is 5.97 Å². The van der Waals surface area contributed by atoms with Crippen molar-refractivity contribution in [2.45, 2.75) is 11.5 Å². The molecule has 0 saturated heterocycles. The van der Waals surface area contributed by atoms with Crippen molar-refractivity contribution in [2.24, 2.45) is 0 Å². The summed E-state index contributed by atoms with van der Waals surface area (Å²) >= 11 is 7.37. The molecule has 1 heterocycles. The van der Waals surface area contributed by atoms with Gasteiger partial charge in [0.25, 0.3) is 10.0 Å². The minimum Gasteiger partial charge on any atom is -0.456 e. The van der Waals surface area contributed by atoms with Crippen molar-refractivity contribution in [3.05, 3.63) is 101 Å². The van der Waals surface area contributed by atoms with Crippen molar-refractivity contribution in [3.63, 3.8) is 0 Å². The number of hydrogen-bond acceptors (Lipinski definition) is 6. The summed E-state index contributed by atoms with van der Waals surface area (Å²) in [6.45, 7) is -0.0140. The van der Waals surface area contributed by atoms with Crippen LogP contribution >= 0.6 is 22.9 Å². The van der Waals surface area contributed by atoms with E-state index < -0.39 is 16.0 Å². The van der Waals surface area contributed by atoms with E-state index in [1.807, 2.05) is 35.7 Å². The van der Waals surface area contributed by atoms with Crippen LogP contribution in [0.4, 0.5) is 5.69 Å². The van der Waals surface area contributed by atoms with Gasteiger partial charge < -0.3 is 4.74 Å². The number of sulfonamides is 1. The van der Waals surface area contributed by atoms with Gasteiger partial charge in [-0.3, -0.25) is 4.72 Å². The molecule has 6 nitrogen and oxygen atoms in total. The third-order valence-electron chi connectivity index (χ3n) is 4.38. The lowest BCUT2D eigenvalue weighted by molar-refractivity contribution is 0.0468. The fraction of sp³-hybridized carbons (Fsp3) is 0.0435. The number of aromatic nitrogens is 1. The smallest absolute Gasteiger partial charge is 0.338 e. The Bertz CT molecular complexity index is 1360. The highest BCUT2D eigenvalue weighted by Crippen LogP contribution is 2.24. The number of nitrogens with one attached hydrogen (secondary N) is 1. The number of rotatable bonds is 7. The number of ether oxygens (including phenoxy) is 1. The lowest BCUT2D eigenvalue weighted by Crippen LogP contribution is -2.14. The largest absolute Gasteiger partial charge is 0.456 e. The first kappa shape index (κ1) is 22.0. The SMILES string of the molecule is O=C(OCc1csc(-c2ccccc2)n1)c1cccc(S(=O)(=O)Nc2cccc(Cl)c2)c1. The standard InChI is InChI=1S/C23H17ClN2O4S2/c24-18-9-5-10-19(13-18)26-32(28,29)21-11-4-8-17(12-21)23(27)30-14-20-15-31-22(25-20)16-6-2-1-3-7-16/h1-13,15,26H,14H2. The van der Waals surface area contributed by atoms with Crippen LogP contribution in [0.2, 0.25) is 5.02 Å². The molecule has 9 heteroatoms. The lowest BCUT2D eigenvalue weighted by Gasteiger charge is -2.09. The summed E-state index contributed by atoms with van der Waals surface area (Å²) in [5, 5.41) is 3.06. The van der Waals surface area contributed by atoms with Gasteiger partial charge in [-0.15, -0.1) is 11.3 Å². The minimum atomic E-state index is -3.91. The van der Waals surface area contributed by atoms with Crippen LogP contribution in [0.25, 0.3) is 10.6 Å². The third-order valence-corrected chi connectivity index (χ3v) is 6.93. The van der Waals surface area contributed by atoms with Crippen LogP contribution < -0.4 is 4.72 Å². The van der Waals surface area contributed by atoms with Gasteiger partial charge in [0.2, 0.25) is 0 Å². The molecule has 0 aliphatic carbocycles. The molecular formula is C23H17ClN2O4S2. The molecule has 0 aliphatic rings. The fourth-order valence-electron chi connectivity index (χ4n) is 2.87. The van der Waals surface area contributed by atoms with Crippen molar-refractivity contribution in [1.82, 2.24) is 4.98 Å². The lowest BCUT2D eigenvalue weighted by atomic mass is 10.2. The molecule has 32 heavy (non-hydrogen) atoms. The van der Waals surface area contributed by atoms with Crippen LogP contribution in [-0.4, -0.2) is 19.4 Å². The molecule has 162 valence electrons. The first-order valence-corrected chi connectivity index (χ1v) is 12.2. The highest BCUT2D eigenvalue weighted by Gasteiger charge is 2.18. The van der Waals surface area contributed by atoms with E-state index in [1.165, 1.54) is 41.7 Å². The summed E-state index contributed by atoms with van der Waals surface area (Å²) in [5.74, 6) is -0.640. The van der Waals surface area contributed by atoms with Gasteiger partial charge in [-0.25, -0.2) is 18.2 Å². The zero-order valence-corrected chi connectivity index (χ0v) is 19.0. The van der Waals surface area contributed by atoms with Crippen molar-refractivity contribution in [2.75, 3.05) is 4.72 Å². The van der Waals surface area contributed by atoms with Crippen molar-refractivity contribution in [1.29, 1.82) is 0 Å². The molecule has 0 saturated carbocycles. The summed E-state index contributed by atoms with van der Waals surface area (Å²) in [7, 11) is -3.91. The number of halogens is 1. The van der Waals surface area contributed by atoms with Gasteiger partial charge in [0.05, 0.1) is 21.8 Å². The molecule has 0 aliphatic heterocycles. The van der Waals surface area contributed by atoms with E-state index >= 15 is 0 Å². The molecule has 4 aromatic rings. The molecule has 1 N–H and O–H groups in total. The van der Waals surface area contributed by atoms with Crippen molar-refractivity contribution < 1.29 is 17.9 Å². The highest BCUT2D eigenvalue weighted by molar-refractivity contribution is 7.92. The quantitative estimate of drug-likeness (QED) is 0.344. The molecular weight excluding hydrogens is 468 g/mol. The Kier molecular flexibility index (Phi) is 6.55. The van der Waals surface area contributed by atoms with E-state index in [0.717, 1.165) is 10.6 Å². The van der Waals surface area contributed by atoms with E-state index in [-0.39, 0.29) is 17.1 Å². The Balaban J connectivity index is 1.44. The molecule has 4 rings (SSSR count). The number of thiazole rings is 1. The molecule has 0 radical (unpaired) electrons. The number of benzene rings is 3. The number of carbonyl (C=O) groups excluding carboxylic acids is 1. The Hall–Kier alpha value is -3.20. The number of anilines is 1. The number of esters is 1. The predicted octanol–water partition coefficient (Wildman–Crippen LogP) is 5.62. The Labute approximate surface area is 194 Å². The van der Waals surface area contributed by atoms with Crippen LogP contribution in [-0.2, 0) is 21.4 Å². The van der Waals surface area contributed by atoms with E-state index in [1.54, 1.807) is 18.2 Å². The molecule has 0 spiro atoms. The van der Waals surface area contributed by atoms with Crippen LogP contribution in [0, 0.1) is 0 Å². The van der Waals surface area contributed by atoms with Crippen LogP contribution in [0.1, 0.15) is 16.1 Å². The molecule has 3 aromatic carbocycles. The second-order valence-electron chi connectivity index (χ2n) is 6.73. The van der Waals surface area contributed by atoms with Crippen LogP contribution in [0.3, 0.4) is 0 Å². The van der Waals surface area contributed by atoms with Crippen LogP contribution in [0.5, 0.6) is 0 Å². The number of nitrogens with zero attached hydrogens (tertiary/aromatic N) is 1. The maximum absolute atomic E-state index is 12.7. The van der Waals surface area contributed by atoms with Crippen molar-refractivity contribution >= 4 is 44.6 Å². The first-order chi connectivity index (χ1) is 15.4. The normalized spacial score (nSPS) is 11.2. The second kappa shape index (κ2) is 9.52. The minimum absolute atomic E-state index is 0.0140. The van der Waals surface area contributed by atoms with Gasteiger partial charge in [0, 0.05) is 16.0 Å². The zero-order valence-electron chi connectivity index (χ0n) is 16.6. The fourth-order valence-corrected chi connectivity index (χ4v) is 4.96. The van der Waals surface area contributed by atoms with Crippen LogP contribution in [0.15, 0.2) is 89.1 Å². The molecule has 0 fully saturated rings. The second-order valence-corrected chi connectivity index (χ2v) is 9.71. The Morgan fingerprint density at radius 3 is 2.56 bits per heavy atom. The molecule has 1 aromatic heterocycles. The zero-order chi connectivity index (χ0) is 22.6. The summed E-state index contributed by atoms with van der Waals surface area (Å²) in [5.41, 5.74) is 2.05. The summed E-state index contributed by atoms with van der Waals surface area (Å²) in [6, 6.07) is 21.7. The predicted molar refractivity (Wildman–Crippen MR) is 125 cm³/mol. The highest BCUT2D eigenvalue weighted by atomic mass is 35.5. The summed E-state index contributed by atoms with van der Waals surface area (Å²) < 4.78 is 33.2. The maximum atomic E-state index is 12.7. The topological polar surface area (TPSA) is 85.4 Å². The molecule has 0 amide bonds. The molecule has 0 bridgehead atoms. The van der Waals surface area contributed by atoms with Crippen molar-refractivity contribution in [3.8, 4) is 10.6 Å². The monoisotopic (exact) mass is 484 g/mol. The number of hydrogen-bond donors (Lipinski definition) is 1. The molecule has 0 unspecified atom stereocenters. The summed E-state index contributed by atoms with van der Waals surface area (Å²) in [4.78, 5) is 16.9. The maximum Gasteiger partial charge on any atom is 0.338 e. The molecule has 0 atom stereocenters. The third kappa shape index (κ3) is 5.34. The number of carbonyl (C=O) groups is 1. The van der Waals surface area contributed by atoms with Gasteiger partial charge in [0.1, 0.15) is 11.6 Å². The average Bonchev–Trinajstić information content (AvgIpc) is 3.27. The first-order valence-electron chi connectivity index (χ1n) is 9.46. The summed E-state index contributed by atoms with van der Waals surface area (Å²) in [6.07, 6.45) is 0. The van der Waals surface area contributed by atoms with E-state index in [2.05, 4.69) is 9.71 Å².